The van der Waals surface area contributed by atoms with Crippen LogP contribution >= 0.6 is 0 Å². The van der Waals surface area contributed by atoms with E-state index in [0.29, 0.717) is 6.61 Å². The number of carbonyl (C=O) groups is 2. The van der Waals surface area contributed by atoms with Gasteiger partial charge >= 0.3 is 5.97 Å². The van der Waals surface area contributed by atoms with Crippen LogP contribution in [0.5, 0.6) is 0 Å². The second-order valence-electron chi connectivity index (χ2n) is 5.51. The van der Waals surface area contributed by atoms with Gasteiger partial charge in [-0.05, 0) is 19.1 Å². The van der Waals surface area contributed by atoms with Crippen LogP contribution in [0, 0.1) is 5.41 Å². The Hall–Kier alpha value is -1.82. The van der Waals surface area contributed by atoms with E-state index in [4.69, 9.17) is 9.15 Å². The molecular formula is C14H19NO5. The summed E-state index contributed by atoms with van der Waals surface area (Å²) in [4.78, 5) is 23.7. The molecule has 0 radical (unpaired) electrons. The number of carbonyl (C=O) groups excluding carboxylic acids is 1. The predicted octanol–water partition coefficient (Wildman–Crippen LogP) is 1.67. The molecule has 110 valence electrons. The third-order valence-corrected chi connectivity index (χ3v) is 4.20. The smallest absolute Gasteiger partial charge is 0.330 e. The molecule has 6 heteroatoms. The van der Waals surface area contributed by atoms with Crippen LogP contribution < -0.4 is 5.32 Å². The quantitative estimate of drug-likeness (QED) is 0.857. The maximum atomic E-state index is 12.1. The zero-order chi connectivity index (χ0) is 15.0. The van der Waals surface area contributed by atoms with Crippen molar-refractivity contribution in [2.45, 2.75) is 38.8 Å². The first-order valence-electron chi connectivity index (χ1n) is 6.56. The summed E-state index contributed by atoms with van der Waals surface area (Å²) in [6.45, 7) is 5.94. The first-order chi connectivity index (χ1) is 9.35. The van der Waals surface area contributed by atoms with Gasteiger partial charge in [0.15, 0.2) is 5.76 Å². The second kappa shape index (κ2) is 4.94. The predicted molar refractivity (Wildman–Crippen MR) is 70.4 cm³/mol. The highest BCUT2D eigenvalue weighted by Gasteiger charge is 2.66. The van der Waals surface area contributed by atoms with Crippen molar-refractivity contribution >= 4 is 11.9 Å². The average Bonchev–Trinajstić information content (AvgIpc) is 2.90. The Bertz CT molecular complexity index is 508. The van der Waals surface area contributed by atoms with Gasteiger partial charge in [-0.15, -0.1) is 0 Å². The zero-order valence-corrected chi connectivity index (χ0v) is 11.8. The van der Waals surface area contributed by atoms with E-state index in [-0.39, 0.29) is 18.3 Å². The SMILES string of the molecule is CCO[C@H]1C[C@@](NC(=O)c2ccco2)(C(=O)O)C1(C)C. The monoisotopic (exact) mass is 281 g/mol. The van der Waals surface area contributed by atoms with Gasteiger partial charge in [0.25, 0.3) is 5.91 Å². The number of amides is 1. The van der Waals surface area contributed by atoms with Crippen LogP contribution in [0.25, 0.3) is 0 Å². The molecule has 1 aromatic heterocycles. The molecule has 2 N–H and O–H groups in total. The van der Waals surface area contributed by atoms with Crippen molar-refractivity contribution in [3.63, 3.8) is 0 Å². The third kappa shape index (κ3) is 2.00. The highest BCUT2D eigenvalue weighted by molar-refractivity contribution is 5.96. The maximum absolute atomic E-state index is 12.1. The molecule has 0 unspecified atom stereocenters. The Morgan fingerprint density at radius 2 is 2.25 bits per heavy atom. The van der Waals surface area contributed by atoms with E-state index in [1.807, 2.05) is 6.92 Å². The van der Waals surface area contributed by atoms with Crippen LogP contribution in [0.2, 0.25) is 0 Å². The molecule has 0 bridgehead atoms. The van der Waals surface area contributed by atoms with Gasteiger partial charge in [0.2, 0.25) is 0 Å². The van der Waals surface area contributed by atoms with E-state index < -0.39 is 22.8 Å². The number of carboxylic acid groups (broad SMARTS) is 1. The van der Waals surface area contributed by atoms with Crippen LogP contribution in [0.4, 0.5) is 0 Å². The van der Waals surface area contributed by atoms with Crippen molar-refractivity contribution in [1.29, 1.82) is 0 Å². The van der Waals surface area contributed by atoms with Gasteiger partial charge < -0.3 is 19.6 Å². The Morgan fingerprint density at radius 3 is 2.70 bits per heavy atom. The fourth-order valence-corrected chi connectivity index (χ4v) is 2.70. The number of aliphatic carboxylic acids is 1. The lowest BCUT2D eigenvalue weighted by Crippen LogP contribution is -2.76. The lowest BCUT2D eigenvalue weighted by Gasteiger charge is -2.58. The first kappa shape index (κ1) is 14.6. The molecule has 0 saturated heterocycles. The van der Waals surface area contributed by atoms with Crippen LogP contribution in [0.3, 0.4) is 0 Å². The molecule has 2 rings (SSSR count). The molecule has 1 heterocycles. The summed E-state index contributed by atoms with van der Waals surface area (Å²) in [5.41, 5.74) is -2.03. The molecule has 1 aliphatic rings. The lowest BCUT2D eigenvalue weighted by atomic mass is 9.54. The van der Waals surface area contributed by atoms with Crippen molar-refractivity contribution < 1.29 is 23.8 Å². The number of hydrogen-bond donors (Lipinski definition) is 2. The average molecular weight is 281 g/mol. The summed E-state index contributed by atoms with van der Waals surface area (Å²) in [6.07, 6.45) is 1.42. The first-order valence-corrected chi connectivity index (χ1v) is 6.56. The third-order valence-electron chi connectivity index (χ3n) is 4.20. The van der Waals surface area contributed by atoms with Gasteiger partial charge in [0.05, 0.1) is 12.4 Å². The number of nitrogens with one attached hydrogen (secondary N) is 1. The molecular weight excluding hydrogens is 262 g/mol. The Morgan fingerprint density at radius 1 is 1.55 bits per heavy atom. The van der Waals surface area contributed by atoms with Gasteiger partial charge in [-0.3, -0.25) is 4.79 Å². The molecule has 1 amide bonds. The molecule has 0 aliphatic heterocycles. The van der Waals surface area contributed by atoms with Crippen LogP contribution in [-0.4, -0.2) is 35.2 Å². The topological polar surface area (TPSA) is 88.8 Å². The van der Waals surface area contributed by atoms with E-state index in [9.17, 15) is 14.7 Å². The van der Waals surface area contributed by atoms with Crippen molar-refractivity contribution in [3.8, 4) is 0 Å². The van der Waals surface area contributed by atoms with Crippen molar-refractivity contribution in [2.24, 2.45) is 5.41 Å². The summed E-state index contributed by atoms with van der Waals surface area (Å²) in [5, 5.41) is 12.1. The molecule has 1 saturated carbocycles. The Labute approximate surface area is 117 Å². The molecule has 0 aromatic carbocycles. The minimum atomic E-state index is -1.34. The molecule has 1 aliphatic carbocycles. The van der Waals surface area contributed by atoms with E-state index in [0.717, 1.165) is 0 Å². The lowest BCUT2D eigenvalue weighted by molar-refractivity contribution is -0.190. The second-order valence-corrected chi connectivity index (χ2v) is 5.51. The van der Waals surface area contributed by atoms with Crippen LogP contribution in [0.1, 0.15) is 37.7 Å². The molecule has 2 atom stereocenters. The zero-order valence-electron chi connectivity index (χ0n) is 11.8. The number of ether oxygens (including phenoxy) is 1. The highest BCUT2D eigenvalue weighted by atomic mass is 16.5. The highest BCUT2D eigenvalue weighted by Crippen LogP contribution is 2.51. The molecule has 1 aromatic rings. The van der Waals surface area contributed by atoms with Gasteiger partial charge in [-0.1, -0.05) is 13.8 Å². The summed E-state index contributed by atoms with van der Waals surface area (Å²) in [6, 6.07) is 3.08. The van der Waals surface area contributed by atoms with Gasteiger partial charge in [-0.2, -0.15) is 0 Å². The number of carboxylic acids is 1. The van der Waals surface area contributed by atoms with Gasteiger partial charge in [0, 0.05) is 18.4 Å². The van der Waals surface area contributed by atoms with Gasteiger partial charge in [-0.25, -0.2) is 4.79 Å². The Balaban J connectivity index is 2.21. The molecule has 6 nitrogen and oxygen atoms in total. The van der Waals surface area contributed by atoms with Gasteiger partial charge in [0.1, 0.15) is 5.54 Å². The van der Waals surface area contributed by atoms with Crippen LogP contribution in [-0.2, 0) is 9.53 Å². The molecule has 1 fully saturated rings. The van der Waals surface area contributed by atoms with Crippen LogP contribution in [0.15, 0.2) is 22.8 Å². The van der Waals surface area contributed by atoms with Crippen molar-refractivity contribution in [3.05, 3.63) is 24.2 Å². The standard InChI is InChI=1S/C14H19NO5/c1-4-19-10-8-14(12(17)18,13(10,2)3)15-11(16)9-6-5-7-20-9/h5-7,10H,4,8H2,1-3H3,(H,15,16)(H,17,18)/t10-,14+/m0/s1. The van der Waals surface area contributed by atoms with E-state index >= 15 is 0 Å². The number of hydrogen-bond acceptors (Lipinski definition) is 4. The van der Waals surface area contributed by atoms with Crippen molar-refractivity contribution in [2.75, 3.05) is 6.61 Å². The fraction of sp³-hybridized carbons (Fsp3) is 0.571. The minimum Gasteiger partial charge on any atom is -0.479 e. The summed E-state index contributed by atoms with van der Waals surface area (Å²) < 4.78 is 10.5. The van der Waals surface area contributed by atoms with E-state index in [2.05, 4.69) is 5.32 Å². The summed E-state index contributed by atoms with van der Waals surface area (Å²) in [5.74, 6) is -1.49. The fourth-order valence-electron chi connectivity index (χ4n) is 2.70. The number of rotatable bonds is 5. The van der Waals surface area contributed by atoms with E-state index in [1.54, 1.807) is 19.9 Å². The largest absolute Gasteiger partial charge is 0.479 e. The normalized spacial score (nSPS) is 27.6. The number of furan rings is 1. The Kier molecular flexibility index (Phi) is 3.60. The molecule has 0 spiro atoms. The minimum absolute atomic E-state index is 0.0984. The van der Waals surface area contributed by atoms with Crippen molar-refractivity contribution in [1.82, 2.24) is 5.32 Å². The maximum Gasteiger partial charge on any atom is 0.330 e. The summed E-state index contributed by atoms with van der Waals surface area (Å²) >= 11 is 0. The van der Waals surface area contributed by atoms with E-state index in [1.165, 1.54) is 12.3 Å². The molecule has 20 heavy (non-hydrogen) atoms. The summed E-state index contributed by atoms with van der Waals surface area (Å²) in [7, 11) is 0.